The van der Waals surface area contributed by atoms with Crippen molar-refractivity contribution in [3.63, 3.8) is 0 Å². The molecule has 0 radical (unpaired) electrons. The summed E-state index contributed by atoms with van der Waals surface area (Å²) in [4.78, 5) is 0. The Morgan fingerprint density at radius 2 is 1.89 bits per heavy atom. The molecule has 0 aliphatic carbocycles. The molecule has 18 heavy (non-hydrogen) atoms. The van der Waals surface area contributed by atoms with Gasteiger partial charge in [-0.3, -0.25) is 0 Å². The number of sulfonamides is 1. The molecule has 108 valence electrons. The summed E-state index contributed by atoms with van der Waals surface area (Å²) in [6.45, 7) is 9.43. The summed E-state index contributed by atoms with van der Waals surface area (Å²) >= 11 is 0. The molecule has 1 fully saturated rings. The number of nitrogens with zero attached hydrogens (tertiary/aromatic N) is 1. The normalized spacial score (nSPS) is 18.7. The zero-order valence-corrected chi connectivity index (χ0v) is 12.8. The average Bonchev–Trinajstić information content (AvgIpc) is 2.34. The van der Waals surface area contributed by atoms with Gasteiger partial charge in [0.05, 0.1) is 5.75 Å². The molecule has 0 spiro atoms. The molecule has 1 rings (SSSR count). The van der Waals surface area contributed by atoms with Gasteiger partial charge in [0.2, 0.25) is 10.0 Å². The minimum Gasteiger partial charge on any atom is -0.317 e. The van der Waals surface area contributed by atoms with Gasteiger partial charge >= 0.3 is 0 Å². The lowest BCUT2D eigenvalue weighted by Crippen LogP contribution is -2.40. The molecule has 0 unspecified atom stereocenters. The highest BCUT2D eigenvalue weighted by molar-refractivity contribution is 7.89. The van der Waals surface area contributed by atoms with Crippen LogP contribution in [0, 0.1) is 11.8 Å². The number of rotatable bonds is 7. The van der Waals surface area contributed by atoms with Gasteiger partial charge in [0.25, 0.3) is 0 Å². The zero-order valence-electron chi connectivity index (χ0n) is 12.0. The maximum Gasteiger partial charge on any atom is 0.214 e. The molecule has 1 N–H and O–H groups in total. The molecular weight excluding hydrogens is 248 g/mol. The smallest absolute Gasteiger partial charge is 0.214 e. The SMILES string of the molecule is CCN(CC1CCNCC1)S(=O)(=O)CCC(C)C. The van der Waals surface area contributed by atoms with Crippen molar-refractivity contribution in [1.82, 2.24) is 9.62 Å². The highest BCUT2D eigenvalue weighted by atomic mass is 32.2. The van der Waals surface area contributed by atoms with E-state index in [4.69, 9.17) is 0 Å². The molecule has 0 bridgehead atoms. The van der Waals surface area contributed by atoms with Crippen LogP contribution in [0.25, 0.3) is 0 Å². The maximum absolute atomic E-state index is 12.3. The lowest BCUT2D eigenvalue weighted by molar-refractivity contribution is 0.294. The molecular formula is C13H28N2O2S. The predicted octanol–water partition coefficient (Wildman–Crippen LogP) is 1.68. The first-order valence-electron chi connectivity index (χ1n) is 7.14. The Morgan fingerprint density at radius 3 is 2.39 bits per heavy atom. The molecule has 0 atom stereocenters. The van der Waals surface area contributed by atoms with E-state index < -0.39 is 10.0 Å². The summed E-state index contributed by atoms with van der Waals surface area (Å²) in [5, 5.41) is 3.32. The molecule has 0 aromatic rings. The third kappa shape index (κ3) is 5.24. The van der Waals surface area contributed by atoms with Gasteiger partial charge in [-0.25, -0.2) is 12.7 Å². The topological polar surface area (TPSA) is 49.4 Å². The molecule has 5 heteroatoms. The van der Waals surface area contributed by atoms with Crippen molar-refractivity contribution in [3.8, 4) is 0 Å². The van der Waals surface area contributed by atoms with Gasteiger partial charge in [-0.2, -0.15) is 0 Å². The summed E-state index contributed by atoms with van der Waals surface area (Å²) in [5.74, 6) is 1.26. The number of nitrogens with one attached hydrogen (secondary N) is 1. The summed E-state index contributed by atoms with van der Waals surface area (Å²) in [5.41, 5.74) is 0. The first-order chi connectivity index (χ1) is 8.45. The van der Waals surface area contributed by atoms with Crippen molar-refractivity contribution in [2.24, 2.45) is 11.8 Å². The van der Waals surface area contributed by atoms with E-state index in [-0.39, 0.29) is 0 Å². The van der Waals surface area contributed by atoms with Crippen molar-refractivity contribution in [2.45, 2.75) is 40.0 Å². The Labute approximate surface area is 112 Å². The Kier molecular flexibility index (Phi) is 6.60. The first-order valence-corrected chi connectivity index (χ1v) is 8.75. The maximum atomic E-state index is 12.3. The quantitative estimate of drug-likeness (QED) is 0.770. The van der Waals surface area contributed by atoms with E-state index in [0.29, 0.717) is 30.7 Å². The van der Waals surface area contributed by atoms with E-state index in [1.807, 2.05) is 6.92 Å². The van der Waals surface area contributed by atoms with Crippen LogP contribution < -0.4 is 5.32 Å². The van der Waals surface area contributed by atoms with Gasteiger partial charge in [0.15, 0.2) is 0 Å². The lowest BCUT2D eigenvalue weighted by Gasteiger charge is -2.29. The van der Waals surface area contributed by atoms with E-state index in [1.165, 1.54) is 0 Å². The number of piperidine rings is 1. The second kappa shape index (κ2) is 7.46. The molecule has 0 amide bonds. The molecule has 1 saturated heterocycles. The van der Waals surface area contributed by atoms with Gasteiger partial charge in [-0.15, -0.1) is 0 Å². The molecule has 1 heterocycles. The standard InChI is InChI=1S/C13H28N2O2S/c1-4-15(11-13-5-8-14-9-6-13)18(16,17)10-7-12(2)3/h12-14H,4-11H2,1-3H3. The molecule has 1 aliphatic heterocycles. The molecule has 0 saturated carbocycles. The van der Waals surface area contributed by atoms with Crippen LogP contribution in [0.3, 0.4) is 0 Å². The Hall–Kier alpha value is -0.130. The second-order valence-corrected chi connectivity index (χ2v) is 7.73. The first kappa shape index (κ1) is 15.9. The van der Waals surface area contributed by atoms with Crippen molar-refractivity contribution < 1.29 is 8.42 Å². The largest absolute Gasteiger partial charge is 0.317 e. The van der Waals surface area contributed by atoms with E-state index >= 15 is 0 Å². The van der Waals surface area contributed by atoms with Crippen LogP contribution in [0.1, 0.15) is 40.0 Å². The van der Waals surface area contributed by atoms with E-state index in [2.05, 4.69) is 19.2 Å². The lowest BCUT2D eigenvalue weighted by atomic mass is 9.98. The van der Waals surface area contributed by atoms with Crippen LogP contribution in [0.2, 0.25) is 0 Å². The minimum absolute atomic E-state index is 0.295. The van der Waals surface area contributed by atoms with Crippen LogP contribution in [0.5, 0.6) is 0 Å². The van der Waals surface area contributed by atoms with Crippen LogP contribution in [0.15, 0.2) is 0 Å². The summed E-state index contributed by atoms with van der Waals surface area (Å²) in [6, 6.07) is 0. The zero-order chi connectivity index (χ0) is 13.6. The fourth-order valence-corrected chi connectivity index (χ4v) is 4.16. The monoisotopic (exact) mass is 276 g/mol. The van der Waals surface area contributed by atoms with Crippen LogP contribution in [-0.2, 0) is 10.0 Å². The molecule has 4 nitrogen and oxygen atoms in total. The number of hydrogen-bond acceptors (Lipinski definition) is 3. The number of hydrogen-bond donors (Lipinski definition) is 1. The third-order valence-corrected chi connectivity index (χ3v) is 5.57. The van der Waals surface area contributed by atoms with Gasteiger partial charge in [-0.05, 0) is 44.2 Å². The van der Waals surface area contributed by atoms with Crippen LogP contribution >= 0.6 is 0 Å². The highest BCUT2D eigenvalue weighted by Gasteiger charge is 2.24. The van der Waals surface area contributed by atoms with E-state index in [9.17, 15) is 8.42 Å². The van der Waals surface area contributed by atoms with Gasteiger partial charge < -0.3 is 5.32 Å². The Bertz CT molecular complexity index is 322. The Morgan fingerprint density at radius 1 is 1.28 bits per heavy atom. The minimum atomic E-state index is -3.05. The fourth-order valence-electron chi connectivity index (χ4n) is 2.31. The van der Waals surface area contributed by atoms with E-state index in [0.717, 1.165) is 32.4 Å². The summed E-state index contributed by atoms with van der Waals surface area (Å²) < 4.78 is 26.2. The van der Waals surface area contributed by atoms with Gasteiger partial charge in [0, 0.05) is 13.1 Å². The fraction of sp³-hybridized carbons (Fsp3) is 1.00. The van der Waals surface area contributed by atoms with Crippen molar-refractivity contribution in [1.29, 1.82) is 0 Å². The van der Waals surface area contributed by atoms with Crippen molar-refractivity contribution >= 4 is 10.0 Å². The predicted molar refractivity (Wildman–Crippen MR) is 76.1 cm³/mol. The Balaban J connectivity index is 2.52. The second-order valence-electron chi connectivity index (χ2n) is 5.64. The average molecular weight is 276 g/mol. The third-order valence-electron chi connectivity index (χ3n) is 3.62. The van der Waals surface area contributed by atoms with E-state index in [1.54, 1.807) is 4.31 Å². The molecule has 1 aliphatic rings. The molecule has 0 aromatic carbocycles. The molecule has 0 aromatic heterocycles. The summed E-state index contributed by atoms with van der Waals surface area (Å²) in [7, 11) is -3.05. The van der Waals surface area contributed by atoms with Crippen molar-refractivity contribution in [3.05, 3.63) is 0 Å². The summed E-state index contributed by atoms with van der Waals surface area (Å²) in [6.07, 6.45) is 2.94. The van der Waals surface area contributed by atoms with Gasteiger partial charge in [-0.1, -0.05) is 20.8 Å². The van der Waals surface area contributed by atoms with Crippen molar-refractivity contribution in [2.75, 3.05) is 31.9 Å². The highest BCUT2D eigenvalue weighted by Crippen LogP contribution is 2.16. The van der Waals surface area contributed by atoms with Crippen LogP contribution in [0.4, 0.5) is 0 Å². The van der Waals surface area contributed by atoms with Gasteiger partial charge in [0.1, 0.15) is 0 Å². The van der Waals surface area contributed by atoms with Crippen LogP contribution in [-0.4, -0.2) is 44.7 Å².